The molecule has 0 spiro atoms. The molecule has 7 heteroatoms. The molecule has 1 aromatic heterocycles. The van der Waals surface area contributed by atoms with E-state index in [-0.39, 0.29) is 10.6 Å². The van der Waals surface area contributed by atoms with Crippen LogP contribution in [-0.2, 0) is 6.67 Å². The van der Waals surface area contributed by atoms with E-state index >= 15 is 0 Å². The van der Waals surface area contributed by atoms with E-state index in [1.807, 2.05) is 10.6 Å². The van der Waals surface area contributed by atoms with E-state index in [1.54, 1.807) is 12.1 Å². The molecule has 0 bridgehead atoms. The molecular formula is C16H15N3O2S2. The lowest BCUT2D eigenvalue weighted by atomic mass is 10.1. The van der Waals surface area contributed by atoms with E-state index in [0.717, 1.165) is 15.9 Å². The maximum atomic E-state index is 10.9. The minimum atomic E-state index is -0.387. The highest BCUT2D eigenvalue weighted by molar-refractivity contribution is 7.73. The standard InChI is InChI=1S/C16H15N3O2S2/c1-10-4-3-5-11(2)15(10)17-9-18-13-7-6-12(19(20)21)8-14(13)23-16(18)22/h3-8,17H,9H2,1-2H3. The van der Waals surface area contributed by atoms with Crippen molar-refractivity contribution in [3.05, 3.63) is 61.6 Å². The fourth-order valence-corrected chi connectivity index (χ4v) is 3.93. The highest BCUT2D eigenvalue weighted by Crippen LogP contribution is 2.28. The first-order valence-electron chi connectivity index (χ1n) is 7.05. The highest BCUT2D eigenvalue weighted by Gasteiger charge is 2.11. The van der Waals surface area contributed by atoms with Gasteiger partial charge in [0.05, 0.1) is 21.8 Å². The van der Waals surface area contributed by atoms with Crippen molar-refractivity contribution in [2.45, 2.75) is 20.5 Å². The van der Waals surface area contributed by atoms with Crippen molar-refractivity contribution in [1.82, 2.24) is 4.57 Å². The van der Waals surface area contributed by atoms with Crippen molar-refractivity contribution in [2.75, 3.05) is 5.32 Å². The Bertz CT molecular complexity index is 939. The molecule has 0 aliphatic heterocycles. The topological polar surface area (TPSA) is 60.1 Å². The molecule has 2 aromatic carbocycles. The average molecular weight is 345 g/mol. The van der Waals surface area contributed by atoms with Crippen LogP contribution in [0.15, 0.2) is 36.4 Å². The van der Waals surface area contributed by atoms with E-state index in [4.69, 9.17) is 12.2 Å². The van der Waals surface area contributed by atoms with Gasteiger partial charge in [0, 0.05) is 17.8 Å². The Hall–Kier alpha value is -2.25. The maximum absolute atomic E-state index is 10.9. The lowest BCUT2D eigenvalue weighted by molar-refractivity contribution is -0.384. The smallest absolute Gasteiger partial charge is 0.270 e. The normalized spacial score (nSPS) is 10.9. The van der Waals surface area contributed by atoms with Crippen molar-refractivity contribution in [1.29, 1.82) is 0 Å². The number of nitro benzene ring substituents is 1. The van der Waals surface area contributed by atoms with Gasteiger partial charge in [-0.1, -0.05) is 18.2 Å². The summed E-state index contributed by atoms with van der Waals surface area (Å²) in [5.41, 5.74) is 4.43. The van der Waals surface area contributed by atoms with Crippen LogP contribution in [0.1, 0.15) is 11.1 Å². The number of aryl methyl sites for hydroxylation is 2. The second-order valence-corrected chi connectivity index (χ2v) is 6.98. The number of nitrogens with one attached hydrogen (secondary N) is 1. The summed E-state index contributed by atoms with van der Waals surface area (Å²) in [6, 6.07) is 11.0. The van der Waals surface area contributed by atoms with E-state index in [1.165, 1.54) is 28.5 Å². The molecule has 0 unspecified atom stereocenters. The molecule has 0 atom stereocenters. The van der Waals surface area contributed by atoms with Crippen molar-refractivity contribution >= 4 is 45.1 Å². The summed E-state index contributed by atoms with van der Waals surface area (Å²) in [5, 5.41) is 14.3. The third-order valence-corrected chi connectivity index (χ3v) is 5.17. The molecule has 118 valence electrons. The van der Waals surface area contributed by atoms with Crippen LogP contribution in [0.2, 0.25) is 0 Å². The van der Waals surface area contributed by atoms with Crippen molar-refractivity contribution in [2.24, 2.45) is 0 Å². The molecule has 3 aromatic rings. The van der Waals surface area contributed by atoms with Crippen LogP contribution in [0.3, 0.4) is 0 Å². The molecule has 23 heavy (non-hydrogen) atoms. The Labute approximate surface area is 142 Å². The Kier molecular flexibility index (Phi) is 4.14. The van der Waals surface area contributed by atoms with E-state index < -0.39 is 0 Å². The van der Waals surface area contributed by atoms with Crippen molar-refractivity contribution < 1.29 is 4.92 Å². The molecule has 1 N–H and O–H groups in total. The number of non-ortho nitro benzene ring substituents is 1. The molecule has 0 aliphatic rings. The first-order chi connectivity index (χ1) is 11.0. The second kappa shape index (κ2) is 6.10. The van der Waals surface area contributed by atoms with Crippen LogP contribution in [0, 0.1) is 27.9 Å². The van der Waals surface area contributed by atoms with Gasteiger partial charge in [-0.3, -0.25) is 10.1 Å². The molecule has 0 amide bonds. The summed E-state index contributed by atoms with van der Waals surface area (Å²) in [6.45, 7) is 4.65. The van der Waals surface area contributed by atoms with Crippen LogP contribution in [0.25, 0.3) is 10.2 Å². The predicted molar refractivity (Wildman–Crippen MR) is 96.8 cm³/mol. The van der Waals surface area contributed by atoms with E-state index in [0.29, 0.717) is 10.6 Å². The molecule has 0 radical (unpaired) electrons. The fourth-order valence-electron chi connectivity index (χ4n) is 2.57. The van der Waals surface area contributed by atoms with Gasteiger partial charge in [-0.25, -0.2) is 0 Å². The van der Waals surface area contributed by atoms with Gasteiger partial charge in [0.1, 0.15) is 0 Å². The van der Waals surface area contributed by atoms with Crippen LogP contribution >= 0.6 is 23.6 Å². The molecule has 0 saturated heterocycles. The summed E-state index contributed by atoms with van der Waals surface area (Å²) in [7, 11) is 0. The number of para-hydroxylation sites is 1. The fraction of sp³-hybridized carbons (Fsp3) is 0.188. The second-order valence-electron chi connectivity index (χ2n) is 5.31. The molecule has 3 rings (SSSR count). The van der Waals surface area contributed by atoms with Gasteiger partial charge in [-0.15, -0.1) is 11.3 Å². The molecule has 0 aliphatic carbocycles. The van der Waals surface area contributed by atoms with Gasteiger partial charge in [-0.05, 0) is 43.3 Å². The van der Waals surface area contributed by atoms with Crippen LogP contribution in [0.4, 0.5) is 11.4 Å². The third-order valence-electron chi connectivity index (χ3n) is 3.76. The predicted octanol–water partition coefficient (Wildman–Crippen LogP) is 5.03. The zero-order valence-corrected chi connectivity index (χ0v) is 14.3. The summed E-state index contributed by atoms with van der Waals surface area (Å²) in [5.74, 6) is 0. The lowest BCUT2D eigenvalue weighted by Gasteiger charge is -2.13. The summed E-state index contributed by atoms with van der Waals surface area (Å²) >= 11 is 6.80. The Morgan fingerprint density at radius 1 is 1.26 bits per heavy atom. The number of thiazole rings is 1. The number of rotatable bonds is 4. The number of fused-ring (bicyclic) bond motifs is 1. The van der Waals surface area contributed by atoms with Crippen LogP contribution in [-0.4, -0.2) is 9.49 Å². The Balaban J connectivity index is 1.96. The molecular weight excluding hydrogens is 330 g/mol. The number of benzene rings is 2. The quantitative estimate of drug-likeness (QED) is 0.409. The van der Waals surface area contributed by atoms with Crippen molar-refractivity contribution in [3.63, 3.8) is 0 Å². The van der Waals surface area contributed by atoms with E-state index in [2.05, 4.69) is 31.3 Å². The Morgan fingerprint density at radius 2 is 1.96 bits per heavy atom. The third kappa shape index (κ3) is 2.97. The zero-order chi connectivity index (χ0) is 16.6. The minimum absolute atomic E-state index is 0.0867. The summed E-state index contributed by atoms with van der Waals surface area (Å²) in [4.78, 5) is 10.5. The number of anilines is 1. The number of hydrogen-bond donors (Lipinski definition) is 1. The van der Waals surface area contributed by atoms with Crippen LogP contribution in [0.5, 0.6) is 0 Å². The zero-order valence-electron chi connectivity index (χ0n) is 12.7. The largest absolute Gasteiger partial charge is 0.367 e. The molecule has 0 fully saturated rings. The first kappa shape index (κ1) is 15.6. The number of hydrogen-bond acceptors (Lipinski definition) is 5. The van der Waals surface area contributed by atoms with E-state index in [9.17, 15) is 10.1 Å². The van der Waals surface area contributed by atoms with Gasteiger partial charge in [0.15, 0.2) is 3.95 Å². The minimum Gasteiger partial charge on any atom is -0.367 e. The molecule has 5 nitrogen and oxygen atoms in total. The molecule has 0 saturated carbocycles. The first-order valence-corrected chi connectivity index (χ1v) is 8.27. The van der Waals surface area contributed by atoms with Gasteiger partial charge < -0.3 is 9.88 Å². The summed E-state index contributed by atoms with van der Waals surface area (Å²) < 4.78 is 3.48. The van der Waals surface area contributed by atoms with Crippen molar-refractivity contribution in [3.8, 4) is 0 Å². The van der Waals surface area contributed by atoms with Gasteiger partial charge in [-0.2, -0.15) is 0 Å². The van der Waals surface area contributed by atoms with Crippen LogP contribution < -0.4 is 5.32 Å². The molecule has 1 heterocycles. The summed E-state index contributed by atoms with van der Waals surface area (Å²) in [6.07, 6.45) is 0. The average Bonchev–Trinajstić information content (AvgIpc) is 2.81. The highest BCUT2D eigenvalue weighted by atomic mass is 32.1. The van der Waals surface area contributed by atoms with Gasteiger partial charge >= 0.3 is 0 Å². The van der Waals surface area contributed by atoms with Gasteiger partial charge in [0.25, 0.3) is 5.69 Å². The number of nitrogens with zero attached hydrogens (tertiary/aromatic N) is 2. The van der Waals surface area contributed by atoms with Gasteiger partial charge in [0.2, 0.25) is 0 Å². The SMILES string of the molecule is Cc1cccc(C)c1NCn1c(=S)sc2cc([N+](=O)[O-])ccc21. The number of aromatic nitrogens is 1. The number of nitro groups is 1. The maximum Gasteiger partial charge on any atom is 0.270 e. The Morgan fingerprint density at radius 3 is 2.61 bits per heavy atom. The lowest BCUT2D eigenvalue weighted by Crippen LogP contribution is -2.09. The monoisotopic (exact) mass is 345 g/mol.